The molecule has 0 fully saturated rings. The van der Waals surface area contributed by atoms with E-state index < -0.39 is 18.6 Å². The average molecular weight is 352 g/mol. The number of nitrogens with zero attached hydrogens (tertiary/aromatic N) is 3. The Morgan fingerprint density at radius 3 is 2.80 bits per heavy atom. The maximum atomic E-state index is 12.7. The fraction of sp³-hybridized carbons (Fsp3) is 0.312. The van der Waals surface area contributed by atoms with Crippen LogP contribution >= 0.6 is 0 Å². The first kappa shape index (κ1) is 17.0. The van der Waals surface area contributed by atoms with Gasteiger partial charge in [0.05, 0.1) is 0 Å². The standard InChI is InChI=1S/C16H15F3N4O2/c1-2-7-23(8-16(17,18)19)15(24)12-4-3-11(25-12)13-10-5-6-20-14(10)22-9-21-13/h3-6,9H,2,7-8H2,1H3,(H,20,21,22). The number of nitrogens with one attached hydrogen (secondary N) is 1. The molecule has 0 atom stereocenters. The van der Waals surface area contributed by atoms with Crippen molar-refractivity contribution < 1.29 is 22.4 Å². The SMILES string of the molecule is CCCN(CC(F)(F)F)C(=O)c1ccc(-c2ncnc3[nH]ccc23)o1. The van der Waals surface area contributed by atoms with Gasteiger partial charge in [0.1, 0.15) is 24.2 Å². The number of furan rings is 1. The minimum atomic E-state index is -4.47. The molecule has 0 saturated carbocycles. The Hall–Kier alpha value is -2.84. The van der Waals surface area contributed by atoms with E-state index in [-0.39, 0.29) is 12.3 Å². The van der Waals surface area contributed by atoms with Gasteiger partial charge in [-0.2, -0.15) is 13.2 Å². The molecule has 0 aliphatic rings. The Kier molecular flexibility index (Phi) is 4.47. The Labute approximate surface area is 140 Å². The molecule has 0 unspecified atom stereocenters. The van der Waals surface area contributed by atoms with Crippen LogP contribution in [0.5, 0.6) is 0 Å². The maximum absolute atomic E-state index is 12.7. The smallest absolute Gasteiger partial charge is 0.406 e. The molecule has 1 N–H and O–H groups in total. The third kappa shape index (κ3) is 3.65. The zero-order chi connectivity index (χ0) is 18.0. The summed E-state index contributed by atoms with van der Waals surface area (Å²) < 4.78 is 43.5. The molecule has 3 rings (SSSR count). The van der Waals surface area contributed by atoms with E-state index in [0.29, 0.717) is 28.9 Å². The molecule has 0 aliphatic heterocycles. The number of rotatable bonds is 5. The van der Waals surface area contributed by atoms with Crippen LogP contribution in [0.1, 0.15) is 23.9 Å². The molecule has 0 aromatic carbocycles. The van der Waals surface area contributed by atoms with Gasteiger partial charge in [0.2, 0.25) is 0 Å². The summed E-state index contributed by atoms with van der Waals surface area (Å²) in [7, 11) is 0. The molecular weight excluding hydrogens is 337 g/mol. The highest BCUT2D eigenvalue weighted by molar-refractivity contribution is 5.93. The molecule has 0 bridgehead atoms. The summed E-state index contributed by atoms with van der Waals surface area (Å²) in [6.45, 7) is 0.378. The summed E-state index contributed by atoms with van der Waals surface area (Å²) in [5, 5.41) is 0.691. The lowest BCUT2D eigenvalue weighted by Crippen LogP contribution is -2.39. The van der Waals surface area contributed by atoms with Crippen LogP contribution in [0.3, 0.4) is 0 Å². The molecule has 9 heteroatoms. The summed E-state index contributed by atoms with van der Waals surface area (Å²) in [4.78, 5) is 24.2. The lowest BCUT2D eigenvalue weighted by atomic mass is 10.2. The van der Waals surface area contributed by atoms with Crippen LogP contribution in [0.4, 0.5) is 13.2 Å². The minimum Gasteiger partial charge on any atom is -0.449 e. The molecule has 25 heavy (non-hydrogen) atoms. The van der Waals surface area contributed by atoms with Crippen LogP contribution in [0.2, 0.25) is 0 Å². The number of alkyl halides is 3. The number of H-pyrrole nitrogens is 1. The third-order valence-electron chi connectivity index (χ3n) is 3.56. The molecular formula is C16H15F3N4O2. The molecule has 0 radical (unpaired) electrons. The van der Waals surface area contributed by atoms with Gasteiger partial charge in [-0.1, -0.05) is 6.92 Å². The van der Waals surface area contributed by atoms with Crippen molar-refractivity contribution in [1.82, 2.24) is 19.9 Å². The van der Waals surface area contributed by atoms with Crippen LogP contribution in [0.15, 0.2) is 35.1 Å². The number of aromatic amines is 1. The summed E-state index contributed by atoms with van der Waals surface area (Å²) in [5.41, 5.74) is 1.06. The largest absolute Gasteiger partial charge is 0.449 e. The van der Waals surface area contributed by atoms with E-state index in [0.717, 1.165) is 4.90 Å². The molecule has 0 spiro atoms. The highest BCUT2D eigenvalue weighted by Gasteiger charge is 2.34. The predicted octanol–water partition coefficient (Wildman–Crippen LogP) is 3.63. The number of carbonyl (C=O) groups is 1. The molecule has 132 valence electrons. The first-order valence-corrected chi connectivity index (χ1v) is 7.63. The van der Waals surface area contributed by atoms with Crippen LogP contribution in [0, 0.1) is 0 Å². The Morgan fingerprint density at radius 2 is 2.08 bits per heavy atom. The van der Waals surface area contributed by atoms with Crippen LogP contribution in [-0.4, -0.2) is 45.0 Å². The Balaban J connectivity index is 1.89. The quantitative estimate of drug-likeness (QED) is 0.761. The van der Waals surface area contributed by atoms with Crippen molar-refractivity contribution in [2.24, 2.45) is 0 Å². The minimum absolute atomic E-state index is 0.00998. The van der Waals surface area contributed by atoms with Gasteiger partial charge in [-0.25, -0.2) is 9.97 Å². The second kappa shape index (κ2) is 6.58. The monoisotopic (exact) mass is 352 g/mol. The van der Waals surface area contributed by atoms with E-state index >= 15 is 0 Å². The maximum Gasteiger partial charge on any atom is 0.406 e. The van der Waals surface area contributed by atoms with Crippen molar-refractivity contribution in [3.05, 3.63) is 36.5 Å². The van der Waals surface area contributed by atoms with Gasteiger partial charge in [0.15, 0.2) is 11.5 Å². The van der Waals surface area contributed by atoms with E-state index in [1.807, 2.05) is 0 Å². The van der Waals surface area contributed by atoms with Gasteiger partial charge in [-0.3, -0.25) is 4.79 Å². The van der Waals surface area contributed by atoms with Gasteiger partial charge in [-0.05, 0) is 24.6 Å². The normalized spacial score (nSPS) is 11.8. The van der Waals surface area contributed by atoms with Gasteiger partial charge < -0.3 is 14.3 Å². The molecule has 3 aromatic rings. The van der Waals surface area contributed by atoms with Crippen LogP contribution in [-0.2, 0) is 0 Å². The van der Waals surface area contributed by atoms with Gasteiger partial charge in [-0.15, -0.1) is 0 Å². The van der Waals surface area contributed by atoms with Gasteiger partial charge >= 0.3 is 6.18 Å². The van der Waals surface area contributed by atoms with E-state index in [2.05, 4.69) is 15.0 Å². The fourth-order valence-corrected chi connectivity index (χ4v) is 2.54. The Morgan fingerprint density at radius 1 is 1.28 bits per heavy atom. The fourth-order valence-electron chi connectivity index (χ4n) is 2.54. The van der Waals surface area contributed by atoms with Crippen molar-refractivity contribution >= 4 is 16.9 Å². The third-order valence-corrected chi connectivity index (χ3v) is 3.56. The zero-order valence-corrected chi connectivity index (χ0v) is 13.3. The van der Waals surface area contributed by atoms with Crippen LogP contribution in [0.25, 0.3) is 22.5 Å². The van der Waals surface area contributed by atoms with E-state index in [9.17, 15) is 18.0 Å². The van der Waals surface area contributed by atoms with E-state index in [1.165, 1.54) is 18.5 Å². The number of aromatic nitrogens is 3. The Bertz CT molecular complexity index is 885. The second-order valence-electron chi connectivity index (χ2n) is 5.47. The van der Waals surface area contributed by atoms with Crippen molar-refractivity contribution in [1.29, 1.82) is 0 Å². The lowest BCUT2D eigenvalue weighted by Gasteiger charge is -2.22. The summed E-state index contributed by atoms with van der Waals surface area (Å²) in [6.07, 6.45) is -1.04. The van der Waals surface area contributed by atoms with Crippen LogP contribution < -0.4 is 0 Å². The van der Waals surface area contributed by atoms with E-state index in [4.69, 9.17) is 4.42 Å². The number of carbonyl (C=O) groups excluding carboxylic acids is 1. The number of amides is 1. The molecule has 0 saturated heterocycles. The highest BCUT2D eigenvalue weighted by atomic mass is 19.4. The average Bonchev–Trinajstić information content (AvgIpc) is 3.21. The van der Waals surface area contributed by atoms with Gasteiger partial charge in [0.25, 0.3) is 5.91 Å². The number of fused-ring (bicyclic) bond motifs is 1. The summed E-state index contributed by atoms with van der Waals surface area (Å²) in [6, 6.07) is 4.62. The first-order valence-electron chi connectivity index (χ1n) is 7.63. The zero-order valence-electron chi connectivity index (χ0n) is 13.3. The van der Waals surface area contributed by atoms with Crippen molar-refractivity contribution in [2.45, 2.75) is 19.5 Å². The predicted molar refractivity (Wildman–Crippen MR) is 83.8 cm³/mol. The lowest BCUT2D eigenvalue weighted by molar-refractivity contribution is -0.140. The molecule has 6 nitrogen and oxygen atoms in total. The number of halogens is 3. The summed E-state index contributed by atoms with van der Waals surface area (Å²) in [5.74, 6) is -0.668. The summed E-state index contributed by atoms with van der Waals surface area (Å²) >= 11 is 0. The van der Waals surface area contributed by atoms with Crippen molar-refractivity contribution in [3.63, 3.8) is 0 Å². The molecule has 0 aliphatic carbocycles. The van der Waals surface area contributed by atoms with Gasteiger partial charge in [0, 0.05) is 18.1 Å². The highest BCUT2D eigenvalue weighted by Crippen LogP contribution is 2.27. The molecule has 3 heterocycles. The van der Waals surface area contributed by atoms with Crippen molar-refractivity contribution in [3.8, 4) is 11.5 Å². The number of hydrogen-bond donors (Lipinski definition) is 1. The molecule has 3 aromatic heterocycles. The topological polar surface area (TPSA) is 75.0 Å². The second-order valence-corrected chi connectivity index (χ2v) is 5.47. The number of hydrogen-bond acceptors (Lipinski definition) is 4. The first-order chi connectivity index (χ1) is 11.9. The van der Waals surface area contributed by atoms with E-state index in [1.54, 1.807) is 19.2 Å². The molecule has 1 amide bonds. The van der Waals surface area contributed by atoms with Crippen molar-refractivity contribution in [2.75, 3.05) is 13.1 Å².